The van der Waals surface area contributed by atoms with Gasteiger partial charge in [-0.15, -0.1) is 11.8 Å². The van der Waals surface area contributed by atoms with Crippen LogP contribution in [0.15, 0.2) is 17.0 Å². The number of hydrogen-bond acceptors (Lipinski definition) is 5. The first kappa shape index (κ1) is 16.6. The number of aryl methyl sites for hydroxylation is 2. The third-order valence-electron chi connectivity index (χ3n) is 2.43. The van der Waals surface area contributed by atoms with Crippen molar-refractivity contribution in [3.05, 3.63) is 23.3 Å². The van der Waals surface area contributed by atoms with E-state index in [1.165, 1.54) is 4.90 Å². The molecule has 0 N–H and O–H groups in total. The smallest absolute Gasteiger partial charge is 0.404 e. The first-order valence-electron chi connectivity index (χ1n) is 6.19. The summed E-state index contributed by atoms with van der Waals surface area (Å²) in [5.41, 5.74) is 2.17. The Hall–Kier alpha value is -0.480. The summed E-state index contributed by atoms with van der Waals surface area (Å²) in [4.78, 5) is 1.20. The Labute approximate surface area is 119 Å². The lowest BCUT2D eigenvalue weighted by Gasteiger charge is -2.18. The molecule has 0 bridgehead atoms. The minimum absolute atomic E-state index is 0.276. The van der Waals surface area contributed by atoms with Gasteiger partial charge in [-0.1, -0.05) is 0 Å². The van der Waals surface area contributed by atoms with Crippen molar-refractivity contribution in [1.29, 1.82) is 0 Å². The summed E-state index contributed by atoms with van der Waals surface area (Å²) in [6, 6.07) is 3.70. The highest BCUT2D eigenvalue weighted by molar-refractivity contribution is 7.98. The highest BCUT2D eigenvalue weighted by Crippen LogP contribution is 2.49. The molecular weight excluding hydrogens is 283 g/mol. The van der Waals surface area contributed by atoms with Crippen LogP contribution >= 0.6 is 19.6 Å². The minimum Gasteiger partial charge on any atom is -0.404 e. The fourth-order valence-corrected chi connectivity index (χ4v) is 3.76. The molecule has 0 amide bonds. The van der Waals surface area contributed by atoms with Crippen LogP contribution in [0.4, 0.5) is 0 Å². The van der Waals surface area contributed by atoms with Crippen molar-refractivity contribution in [2.45, 2.75) is 32.6 Å². The van der Waals surface area contributed by atoms with Gasteiger partial charge in [0, 0.05) is 4.90 Å². The molecule has 0 unspecified atom stereocenters. The normalized spacial score (nSPS) is 11.6. The van der Waals surface area contributed by atoms with E-state index in [0.717, 1.165) is 11.1 Å². The van der Waals surface area contributed by atoms with Gasteiger partial charge in [-0.3, -0.25) is 9.05 Å². The van der Waals surface area contributed by atoms with Crippen molar-refractivity contribution >= 4 is 19.6 Å². The fourth-order valence-electron chi connectivity index (χ4n) is 1.82. The van der Waals surface area contributed by atoms with Crippen molar-refractivity contribution in [3.63, 3.8) is 0 Å². The maximum atomic E-state index is 12.3. The summed E-state index contributed by atoms with van der Waals surface area (Å²) < 4.78 is 28.0. The van der Waals surface area contributed by atoms with Crippen LogP contribution in [0.2, 0.25) is 0 Å². The lowest BCUT2D eigenvalue weighted by Crippen LogP contribution is -2.03. The molecule has 0 aliphatic heterocycles. The standard InChI is InChI=1S/C13H21O4PS/c1-6-15-18(14,16-7-2)17-12-8-10(3)13(19-5)11(4)9-12/h8-9H,6-7H2,1-5H3. The maximum absolute atomic E-state index is 12.3. The summed E-state index contributed by atoms with van der Waals surface area (Å²) in [6.45, 7) is 8.05. The van der Waals surface area contributed by atoms with Gasteiger partial charge in [0.1, 0.15) is 5.75 Å². The zero-order chi connectivity index (χ0) is 14.5. The predicted octanol–water partition coefficient (Wildman–Crippen LogP) is 4.59. The van der Waals surface area contributed by atoms with Crippen LogP contribution in [0.25, 0.3) is 0 Å². The van der Waals surface area contributed by atoms with E-state index >= 15 is 0 Å². The molecule has 0 aromatic heterocycles. The Morgan fingerprint density at radius 2 is 1.58 bits per heavy atom. The Kier molecular flexibility index (Phi) is 6.40. The summed E-state index contributed by atoms with van der Waals surface area (Å²) >= 11 is 1.68. The van der Waals surface area contributed by atoms with E-state index in [1.807, 2.05) is 32.2 Å². The quantitative estimate of drug-likeness (QED) is 0.545. The molecule has 0 saturated carbocycles. The Morgan fingerprint density at radius 1 is 1.11 bits per heavy atom. The van der Waals surface area contributed by atoms with Gasteiger partial charge in [-0.2, -0.15) is 0 Å². The average Bonchev–Trinajstić information content (AvgIpc) is 2.28. The Morgan fingerprint density at radius 3 is 1.95 bits per heavy atom. The second-order valence-corrected chi connectivity index (χ2v) is 6.37. The summed E-state index contributed by atoms with van der Waals surface area (Å²) in [7, 11) is -3.51. The Bertz CT molecular complexity index is 443. The molecule has 0 radical (unpaired) electrons. The van der Waals surface area contributed by atoms with Crippen LogP contribution in [0.1, 0.15) is 25.0 Å². The molecule has 1 aromatic carbocycles. The number of phosphoric acid groups is 1. The van der Waals surface area contributed by atoms with Crippen LogP contribution in [0.3, 0.4) is 0 Å². The monoisotopic (exact) mass is 304 g/mol. The van der Waals surface area contributed by atoms with Gasteiger partial charge in [0.25, 0.3) is 0 Å². The zero-order valence-corrected chi connectivity index (χ0v) is 13.8. The van der Waals surface area contributed by atoms with Gasteiger partial charge in [-0.25, -0.2) is 4.57 Å². The number of thioether (sulfide) groups is 1. The van der Waals surface area contributed by atoms with Crippen LogP contribution < -0.4 is 4.52 Å². The number of phosphoric ester groups is 1. The van der Waals surface area contributed by atoms with Crippen LogP contribution in [0.5, 0.6) is 5.75 Å². The van der Waals surface area contributed by atoms with Gasteiger partial charge in [0.15, 0.2) is 0 Å². The van der Waals surface area contributed by atoms with Gasteiger partial charge in [-0.05, 0) is 57.2 Å². The van der Waals surface area contributed by atoms with Crippen LogP contribution in [-0.4, -0.2) is 19.5 Å². The van der Waals surface area contributed by atoms with E-state index in [1.54, 1.807) is 25.6 Å². The second kappa shape index (κ2) is 7.34. The molecule has 0 aliphatic carbocycles. The van der Waals surface area contributed by atoms with Crippen LogP contribution in [0, 0.1) is 13.8 Å². The van der Waals surface area contributed by atoms with Crippen molar-refractivity contribution in [2.24, 2.45) is 0 Å². The minimum atomic E-state index is -3.51. The van der Waals surface area contributed by atoms with Gasteiger partial charge >= 0.3 is 7.82 Å². The van der Waals surface area contributed by atoms with Crippen molar-refractivity contribution in [2.75, 3.05) is 19.5 Å². The topological polar surface area (TPSA) is 44.8 Å². The number of rotatable bonds is 7. The molecule has 1 rings (SSSR count). The highest BCUT2D eigenvalue weighted by Gasteiger charge is 2.27. The summed E-state index contributed by atoms with van der Waals surface area (Å²) in [6.07, 6.45) is 2.03. The van der Waals surface area contributed by atoms with Gasteiger partial charge < -0.3 is 4.52 Å². The molecule has 0 fully saturated rings. The molecule has 0 atom stereocenters. The van der Waals surface area contributed by atoms with E-state index < -0.39 is 7.82 Å². The van der Waals surface area contributed by atoms with Gasteiger partial charge in [0.2, 0.25) is 0 Å². The van der Waals surface area contributed by atoms with E-state index in [-0.39, 0.29) is 13.2 Å². The molecule has 0 spiro atoms. The molecule has 4 nitrogen and oxygen atoms in total. The van der Waals surface area contributed by atoms with E-state index in [0.29, 0.717) is 5.75 Å². The average molecular weight is 304 g/mol. The first-order chi connectivity index (χ1) is 8.95. The van der Waals surface area contributed by atoms with Crippen molar-refractivity contribution in [1.82, 2.24) is 0 Å². The molecule has 108 valence electrons. The first-order valence-corrected chi connectivity index (χ1v) is 8.88. The molecule has 0 aliphatic rings. The van der Waals surface area contributed by atoms with E-state index in [9.17, 15) is 4.57 Å². The molecule has 19 heavy (non-hydrogen) atoms. The number of benzene rings is 1. The lowest BCUT2D eigenvalue weighted by molar-refractivity contribution is 0.167. The molecule has 1 aromatic rings. The largest absolute Gasteiger partial charge is 0.530 e. The van der Waals surface area contributed by atoms with E-state index in [4.69, 9.17) is 13.6 Å². The molecule has 0 heterocycles. The highest BCUT2D eigenvalue weighted by atomic mass is 32.2. The molecule has 6 heteroatoms. The third-order valence-corrected chi connectivity index (χ3v) is 5.07. The second-order valence-electron chi connectivity index (χ2n) is 3.96. The van der Waals surface area contributed by atoms with Gasteiger partial charge in [0.05, 0.1) is 13.2 Å². The number of hydrogen-bond donors (Lipinski definition) is 0. The Balaban J connectivity index is 3.01. The van der Waals surface area contributed by atoms with E-state index in [2.05, 4.69) is 0 Å². The SMILES string of the molecule is CCOP(=O)(OCC)Oc1cc(C)c(SC)c(C)c1. The molecular formula is C13H21O4PS. The fraction of sp³-hybridized carbons (Fsp3) is 0.538. The molecule has 0 saturated heterocycles. The maximum Gasteiger partial charge on any atom is 0.530 e. The zero-order valence-electron chi connectivity index (χ0n) is 12.1. The van der Waals surface area contributed by atoms with Crippen molar-refractivity contribution in [3.8, 4) is 5.75 Å². The lowest BCUT2D eigenvalue weighted by atomic mass is 10.1. The van der Waals surface area contributed by atoms with Crippen molar-refractivity contribution < 1.29 is 18.1 Å². The summed E-state index contributed by atoms with van der Waals surface area (Å²) in [5, 5.41) is 0. The van der Waals surface area contributed by atoms with Crippen LogP contribution in [-0.2, 0) is 13.6 Å². The predicted molar refractivity (Wildman–Crippen MR) is 79.2 cm³/mol. The summed E-state index contributed by atoms with van der Waals surface area (Å²) in [5.74, 6) is 0.512. The third kappa shape index (κ3) is 4.53.